The molecule has 1 aromatic rings. The minimum absolute atomic E-state index is 0.163. The van der Waals surface area contributed by atoms with Crippen LogP contribution in [-0.2, 0) is 17.8 Å². The molecule has 0 aliphatic carbocycles. The average molecular weight is 319 g/mol. The van der Waals surface area contributed by atoms with Crippen LogP contribution in [0.4, 0.5) is 5.82 Å². The van der Waals surface area contributed by atoms with E-state index in [1.54, 1.807) is 11.2 Å². The van der Waals surface area contributed by atoms with E-state index < -0.39 is 6.10 Å². The Hall–Kier alpha value is -1.73. The van der Waals surface area contributed by atoms with Crippen molar-refractivity contribution in [3.63, 3.8) is 0 Å². The maximum absolute atomic E-state index is 11.7. The summed E-state index contributed by atoms with van der Waals surface area (Å²) in [6.07, 6.45) is 3.51. The smallest absolute Gasteiger partial charge is 0.222 e. The van der Waals surface area contributed by atoms with Gasteiger partial charge in [0.15, 0.2) is 0 Å². The van der Waals surface area contributed by atoms with Gasteiger partial charge in [-0.05, 0) is 6.42 Å². The number of anilines is 1. The molecule has 1 N–H and O–H groups in total. The fourth-order valence-corrected chi connectivity index (χ4v) is 3.43. The fourth-order valence-electron chi connectivity index (χ4n) is 3.43. The molecule has 7 heteroatoms. The lowest BCUT2D eigenvalue weighted by atomic mass is 10.1. The third-order valence-corrected chi connectivity index (χ3v) is 4.55. The molecule has 1 amide bonds. The predicted octanol–water partition coefficient (Wildman–Crippen LogP) is -0.116. The summed E-state index contributed by atoms with van der Waals surface area (Å²) in [6, 6.07) is 0. The third-order valence-electron chi connectivity index (χ3n) is 4.55. The third kappa shape index (κ3) is 3.61. The number of aromatic nitrogens is 2. The van der Waals surface area contributed by atoms with Crippen molar-refractivity contribution >= 4 is 11.7 Å². The summed E-state index contributed by atoms with van der Waals surface area (Å²) in [4.78, 5) is 26.4. The number of carbonyl (C=O) groups excluding carboxylic acids is 1. The Kier molecular flexibility index (Phi) is 4.77. The number of rotatable bonds is 5. The number of likely N-dealkylation sites (tertiary alicyclic amines) is 1. The largest absolute Gasteiger partial charge is 0.390 e. The maximum Gasteiger partial charge on any atom is 0.222 e. The maximum atomic E-state index is 11.7. The first-order valence-electron chi connectivity index (χ1n) is 8.23. The first-order chi connectivity index (χ1) is 11.0. The number of aliphatic hydroxyl groups is 1. The minimum atomic E-state index is -0.508. The number of amides is 1. The highest BCUT2D eigenvalue weighted by Crippen LogP contribution is 2.24. The van der Waals surface area contributed by atoms with E-state index in [9.17, 15) is 9.90 Å². The van der Waals surface area contributed by atoms with Crippen molar-refractivity contribution in [2.24, 2.45) is 0 Å². The lowest BCUT2D eigenvalue weighted by Gasteiger charge is -2.32. The van der Waals surface area contributed by atoms with Gasteiger partial charge in [-0.1, -0.05) is 0 Å². The SMILES string of the molecule is CN(C)c1ncnc2c1CN(CC(O)CN1CCCC1=O)CC2. The molecule has 0 radical (unpaired) electrons. The molecule has 1 aromatic heterocycles. The molecule has 2 aliphatic rings. The average Bonchev–Trinajstić information content (AvgIpc) is 2.91. The summed E-state index contributed by atoms with van der Waals surface area (Å²) in [6.45, 7) is 3.41. The molecule has 7 nitrogen and oxygen atoms in total. The van der Waals surface area contributed by atoms with Gasteiger partial charge in [-0.3, -0.25) is 9.69 Å². The molecular formula is C16H25N5O2. The van der Waals surface area contributed by atoms with E-state index in [1.807, 2.05) is 19.0 Å². The number of β-amino-alcohol motifs (C(OH)–C–C–N with tert-alkyl or cyclic N) is 1. The van der Waals surface area contributed by atoms with Gasteiger partial charge in [0.1, 0.15) is 12.1 Å². The van der Waals surface area contributed by atoms with Crippen LogP contribution < -0.4 is 4.90 Å². The molecule has 1 fully saturated rings. The van der Waals surface area contributed by atoms with Crippen molar-refractivity contribution in [1.29, 1.82) is 0 Å². The van der Waals surface area contributed by atoms with E-state index >= 15 is 0 Å². The summed E-state index contributed by atoms with van der Waals surface area (Å²) in [7, 11) is 3.96. The van der Waals surface area contributed by atoms with E-state index in [0.717, 1.165) is 49.6 Å². The zero-order chi connectivity index (χ0) is 16.4. The molecule has 3 rings (SSSR count). The topological polar surface area (TPSA) is 72.8 Å². The molecule has 126 valence electrons. The summed E-state index contributed by atoms with van der Waals surface area (Å²) in [5.74, 6) is 1.11. The van der Waals surface area contributed by atoms with Gasteiger partial charge in [0.05, 0.1) is 11.8 Å². The second-order valence-corrected chi connectivity index (χ2v) is 6.60. The summed E-state index contributed by atoms with van der Waals surface area (Å²) < 4.78 is 0. The molecule has 0 aromatic carbocycles. The van der Waals surface area contributed by atoms with Crippen LogP contribution in [0.3, 0.4) is 0 Å². The van der Waals surface area contributed by atoms with Crippen LogP contribution in [-0.4, -0.2) is 77.2 Å². The molecule has 3 heterocycles. The van der Waals surface area contributed by atoms with Crippen LogP contribution in [0.1, 0.15) is 24.1 Å². The van der Waals surface area contributed by atoms with Crippen LogP contribution in [0, 0.1) is 0 Å². The Morgan fingerprint density at radius 1 is 1.26 bits per heavy atom. The number of aliphatic hydroxyl groups excluding tert-OH is 1. The summed E-state index contributed by atoms with van der Waals surface area (Å²) >= 11 is 0. The van der Waals surface area contributed by atoms with Crippen LogP contribution in [0.15, 0.2) is 6.33 Å². The zero-order valence-electron chi connectivity index (χ0n) is 13.9. The van der Waals surface area contributed by atoms with Crippen LogP contribution in [0.25, 0.3) is 0 Å². The second-order valence-electron chi connectivity index (χ2n) is 6.60. The van der Waals surface area contributed by atoms with Crippen molar-refractivity contribution in [1.82, 2.24) is 19.8 Å². The Morgan fingerprint density at radius 3 is 2.78 bits per heavy atom. The van der Waals surface area contributed by atoms with Gasteiger partial charge in [0.2, 0.25) is 5.91 Å². The van der Waals surface area contributed by atoms with Gasteiger partial charge in [-0.25, -0.2) is 9.97 Å². The van der Waals surface area contributed by atoms with Gasteiger partial charge in [-0.2, -0.15) is 0 Å². The molecule has 1 saturated heterocycles. The van der Waals surface area contributed by atoms with Crippen molar-refractivity contribution in [3.05, 3.63) is 17.6 Å². The number of carbonyl (C=O) groups is 1. The minimum Gasteiger partial charge on any atom is -0.390 e. The molecule has 23 heavy (non-hydrogen) atoms. The Labute approximate surface area is 136 Å². The first kappa shape index (κ1) is 16.1. The molecule has 1 atom stereocenters. The normalized spacial score (nSPS) is 19.8. The molecule has 0 saturated carbocycles. The van der Waals surface area contributed by atoms with Crippen molar-refractivity contribution in [2.75, 3.05) is 45.2 Å². The number of nitrogens with zero attached hydrogens (tertiary/aromatic N) is 5. The van der Waals surface area contributed by atoms with E-state index in [-0.39, 0.29) is 5.91 Å². The monoisotopic (exact) mass is 319 g/mol. The number of hydrogen-bond donors (Lipinski definition) is 1. The Balaban J connectivity index is 1.61. The van der Waals surface area contributed by atoms with Gasteiger partial charge < -0.3 is 14.9 Å². The van der Waals surface area contributed by atoms with Gasteiger partial charge in [0.25, 0.3) is 0 Å². The predicted molar refractivity (Wildman–Crippen MR) is 87.2 cm³/mol. The van der Waals surface area contributed by atoms with E-state index in [0.29, 0.717) is 19.5 Å². The van der Waals surface area contributed by atoms with Gasteiger partial charge in [0, 0.05) is 65.2 Å². The van der Waals surface area contributed by atoms with E-state index in [1.165, 1.54) is 0 Å². The van der Waals surface area contributed by atoms with Gasteiger partial charge in [-0.15, -0.1) is 0 Å². The molecule has 0 bridgehead atoms. The van der Waals surface area contributed by atoms with Crippen molar-refractivity contribution in [3.8, 4) is 0 Å². The lowest BCUT2D eigenvalue weighted by molar-refractivity contribution is -0.129. The van der Waals surface area contributed by atoms with Crippen molar-refractivity contribution < 1.29 is 9.90 Å². The molecular weight excluding hydrogens is 294 g/mol. The highest BCUT2D eigenvalue weighted by Gasteiger charge is 2.26. The summed E-state index contributed by atoms with van der Waals surface area (Å²) in [5.41, 5.74) is 2.25. The van der Waals surface area contributed by atoms with E-state index in [4.69, 9.17) is 0 Å². The highest BCUT2D eigenvalue weighted by atomic mass is 16.3. The second kappa shape index (κ2) is 6.80. The Bertz CT molecular complexity index is 578. The summed E-state index contributed by atoms with van der Waals surface area (Å²) in [5, 5.41) is 10.3. The van der Waals surface area contributed by atoms with E-state index in [2.05, 4.69) is 14.9 Å². The Morgan fingerprint density at radius 2 is 2.09 bits per heavy atom. The standard InChI is InChI=1S/C16H25N5O2/c1-19(2)16-13-10-20(7-5-14(13)17-11-18-16)8-12(22)9-21-6-3-4-15(21)23/h11-12,22H,3-10H2,1-2H3. The van der Waals surface area contributed by atoms with Crippen LogP contribution in [0.2, 0.25) is 0 Å². The quantitative estimate of drug-likeness (QED) is 0.816. The number of hydrogen-bond acceptors (Lipinski definition) is 6. The first-order valence-corrected chi connectivity index (χ1v) is 8.23. The van der Waals surface area contributed by atoms with Gasteiger partial charge >= 0.3 is 0 Å². The number of fused-ring (bicyclic) bond motifs is 1. The molecule has 2 aliphatic heterocycles. The molecule has 1 unspecified atom stereocenters. The highest BCUT2D eigenvalue weighted by molar-refractivity contribution is 5.78. The lowest BCUT2D eigenvalue weighted by Crippen LogP contribution is -2.43. The molecule has 0 spiro atoms. The van der Waals surface area contributed by atoms with Crippen LogP contribution >= 0.6 is 0 Å². The fraction of sp³-hybridized carbons (Fsp3) is 0.688. The zero-order valence-corrected chi connectivity index (χ0v) is 13.9. The van der Waals surface area contributed by atoms with Crippen LogP contribution in [0.5, 0.6) is 0 Å². The van der Waals surface area contributed by atoms with Crippen molar-refractivity contribution in [2.45, 2.75) is 31.9 Å².